The van der Waals surface area contributed by atoms with Gasteiger partial charge in [0.2, 0.25) is 0 Å². The fraction of sp³-hybridized carbons (Fsp3) is 0.200. The predicted molar refractivity (Wildman–Crippen MR) is 127 cm³/mol. The summed E-state index contributed by atoms with van der Waals surface area (Å²) >= 11 is 12.7. The van der Waals surface area contributed by atoms with Crippen LogP contribution in [0.5, 0.6) is 0 Å². The molecule has 31 heavy (non-hydrogen) atoms. The van der Waals surface area contributed by atoms with E-state index in [1.807, 2.05) is 35.2 Å². The van der Waals surface area contributed by atoms with Gasteiger partial charge in [-0.3, -0.25) is 9.36 Å². The third kappa shape index (κ3) is 3.52. The van der Waals surface area contributed by atoms with Gasteiger partial charge >= 0.3 is 0 Å². The van der Waals surface area contributed by atoms with Gasteiger partial charge in [-0.05, 0) is 31.0 Å². The number of para-hydroxylation sites is 1. The number of halogens is 2. The maximum Gasteiger partial charge on any atom is 0.284 e. The van der Waals surface area contributed by atoms with Crippen LogP contribution in [0.2, 0.25) is 10.0 Å². The van der Waals surface area contributed by atoms with Crippen LogP contribution >= 0.6 is 36.7 Å². The summed E-state index contributed by atoms with van der Waals surface area (Å²) in [6.07, 6.45) is 4.74. The first-order valence-corrected chi connectivity index (χ1v) is 10.2. The number of nitrogen functional groups attached to an aromatic ring is 1. The highest BCUT2D eigenvalue weighted by molar-refractivity contribution is 7.59. The molecule has 1 aromatic carbocycles. The molecule has 0 amide bonds. The van der Waals surface area contributed by atoms with E-state index in [0.29, 0.717) is 39.4 Å². The minimum absolute atomic E-state index is 0. The number of benzene rings is 1. The number of rotatable bonds is 3. The number of fused-ring (bicyclic) bond motifs is 1. The quantitative estimate of drug-likeness (QED) is 0.486. The number of anilines is 2. The molecule has 0 spiro atoms. The Morgan fingerprint density at radius 2 is 1.87 bits per heavy atom. The van der Waals surface area contributed by atoms with Gasteiger partial charge in [-0.1, -0.05) is 41.4 Å². The van der Waals surface area contributed by atoms with Crippen molar-refractivity contribution in [1.29, 1.82) is 0 Å². The lowest BCUT2D eigenvalue weighted by molar-refractivity contribution is 0.601. The first kappa shape index (κ1) is 21.5. The number of hydrogen-bond acceptors (Lipinski definition) is 6. The van der Waals surface area contributed by atoms with Gasteiger partial charge in [0.15, 0.2) is 11.6 Å². The molecule has 2 N–H and O–H groups in total. The molecule has 0 bridgehead atoms. The van der Waals surface area contributed by atoms with Crippen molar-refractivity contribution in [3.8, 4) is 5.69 Å². The van der Waals surface area contributed by atoms with Crippen LogP contribution in [0, 0.1) is 0 Å². The van der Waals surface area contributed by atoms with E-state index in [1.54, 1.807) is 16.8 Å². The Kier molecular flexibility index (Phi) is 5.83. The summed E-state index contributed by atoms with van der Waals surface area (Å²) in [6.45, 7) is 0.704. The molecule has 1 saturated heterocycles. The van der Waals surface area contributed by atoms with Crippen LogP contribution in [0.3, 0.4) is 0 Å². The molecule has 3 aromatic heterocycles. The third-order valence-electron chi connectivity index (χ3n) is 5.30. The van der Waals surface area contributed by atoms with Crippen LogP contribution in [0.15, 0.2) is 53.7 Å². The van der Waals surface area contributed by atoms with Crippen molar-refractivity contribution in [2.75, 3.05) is 17.2 Å². The first-order valence-electron chi connectivity index (χ1n) is 9.44. The van der Waals surface area contributed by atoms with Crippen molar-refractivity contribution in [3.05, 3.63) is 75.1 Å². The van der Waals surface area contributed by atoms with Gasteiger partial charge in [-0.2, -0.15) is 18.6 Å². The fourth-order valence-corrected chi connectivity index (χ4v) is 4.38. The minimum atomic E-state index is -0.235. The third-order valence-corrected chi connectivity index (χ3v) is 5.97. The van der Waals surface area contributed by atoms with Crippen LogP contribution < -0.4 is 16.2 Å². The van der Waals surface area contributed by atoms with Crippen molar-refractivity contribution in [2.24, 2.45) is 0 Å². The molecule has 11 heteroatoms. The molecule has 1 aliphatic rings. The van der Waals surface area contributed by atoms with E-state index < -0.39 is 0 Å². The highest BCUT2D eigenvalue weighted by Crippen LogP contribution is 2.39. The summed E-state index contributed by atoms with van der Waals surface area (Å²) < 4.78 is 3.15. The number of aromatic nitrogens is 5. The van der Waals surface area contributed by atoms with Gasteiger partial charge in [0.1, 0.15) is 22.7 Å². The Morgan fingerprint density at radius 3 is 2.65 bits per heavy atom. The van der Waals surface area contributed by atoms with Gasteiger partial charge in [-0.25, -0.2) is 14.5 Å². The highest BCUT2D eigenvalue weighted by atomic mass is 35.5. The standard InChI is InChI=1S/C20H17Cl2N7O.H2S/c21-13-8-10-28-16(13)20(30)29(12-5-2-1-3-6-12)18(26-28)14-7-4-9-27(14)19-15(22)17(23)24-11-25-19;/h1-3,5-6,8,10-11,14H,4,7,9H2,(H2,23,24,25);1H2/t14-;/m0./s1. The zero-order valence-electron chi connectivity index (χ0n) is 16.2. The molecule has 1 atom stereocenters. The number of nitrogens with two attached hydrogens (primary N) is 1. The second-order valence-electron chi connectivity index (χ2n) is 7.04. The summed E-state index contributed by atoms with van der Waals surface area (Å²) in [7, 11) is 0. The van der Waals surface area contributed by atoms with Crippen molar-refractivity contribution < 1.29 is 0 Å². The second-order valence-corrected chi connectivity index (χ2v) is 7.82. The summed E-state index contributed by atoms with van der Waals surface area (Å²) in [5.41, 5.74) is 6.70. The monoisotopic (exact) mass is 475 g/mol. The molecule has 0 aliphatic carbocycles. The van der Waals surface area contributed by atoms with E-state index >= 15 is 0 Å². The maximum absolute atomic E-state index is 13.5. The lowest BCUT2D eigenvalue weighted by Crippen LogP contribution is -2.33. The average Bonchev–Trinajstić information content (AvgIpc) is 3.37. The number of hydrogen-bond donors (Lipinski definition) is 1. The van der Waals surface area contributed by atoms with E-state index in [0.717, 1.165) is 12.8 Å². The van der Waals surface area contributed by atoms with E-state index in [-0.39, 0.29) is 30.9 Å². The first-order chi connectivity index (χ1) is 14.6. The summed E-state index contributed by atoms with van der Waals surface area (Å²) in [6, 6.07) is 10.8. The number of nitrogens with zero attached hydrogens (tertiary/aromatic N) is 6. The summed E-state index contributed by atoms with van der Waals surface area (Å²) in [4.78, 5) is 23.8. The molecule has 1 aliphatic heterocycles. The SMILES string of the molecule is Nc1ncnc(N2CCC[C@H]2c2nn3ccc(Cl)c3c(=O)n2-c2ccccc2)c1Cl.S. The molecule has 0 saturated carbocycles. The molecule has 0 radical (unpaired) electrons. The Morgan fingerprint density at radius 1 is 1.10 bits per heavy atom. The Hall–Kier alpha value is -2.75. The largest absolute Gasteiger partial charge is 0.382 e. The lowest BCUT2D eigenvalue weighted by Gasteiger charge is -2.28. The maximum atomic E-state index is 13.5. The molecule has 0 unspecified atom stereocenters. The van der Waals surface area contributed by atoms with Crippen molar-refractivity contribution in [3.63, 3.8) is 0 Å². The van der Waals surface area contributed by atoms with Gasteiger partial charge in [0.05, 0.1) is 16.8 Å². The van der Waals surface area contributed by atoms with Crippen molar-refractivity contribution in [2.45, 2.75) is 18.9 Å². The van der Waals surface area contributed by atoms with Crippen molar-refractivity contribution >= 4 is 53.8 Å². The smallest absolute Gasteiger partial charge is 0.284 e. The van der Waals surface area contributed by atoms with Gasteiger partial charge in [0, 0.05) is 12.7 Å². The highest BCUT2D eigenvalue weighted by Gasteiger charge is 2.34. The van der Waals surface area contributed by atoms with Crippen LogP contribution in [0.25, 0.3) is 11.2 Å². The minimum Gasteiger partial charge on any atom is -0.382 e. The van der Waals surface area contributed by atoms with Crippen molar-refractivity contribution in [1.82, 2.24) is 24.1 Å². The Balaban J connectivity index is 0.00000231. The molecule has 4 heterocycles. The predicted octanol–water partition coefficient (Wildman–Crippen LogP) is 3.62. The lowest BCUT2D eigenvalue weighted by atomic mass is 10.2. The Bertz CT molecular complexity index is 1310. The van der Waals surface area contributed by atoms with Gasteiger partial charge < -0.3 is 10.6 Å². The van der Waals surface area contributed by atoms with Gasteiger partial charge in [-0.15, -0.1) is 0 Å². The molecular weight excluding hydrogens is 457 g/mol. The summed E-state index contributed by atoms with van der Waals surface area (Å²) in [5, 5.41) is 5.43. The molecule has 5 rings (SSSR count). The molecular formula is C20H19Cl2N7OS. The molecule has 160 valence electrons. The van der Waals surface area contributed by atoms with Crippen LogP contribution in [0.4, 0.5) is 11.6 Å². The average molecular weight is 476 g/mol. The van der Waals surface area contributed by atoms with Crippen LogP contribution in [0.1, 0.15) is 24.7 Å². The van der Waals surface area contributed by atoms with Gasteiger partial charge in [0.25, 0.3) is 5.56 Å². The normalized spacial score (nSPS) is 15.9. The van der Waals surface area contributed by atoms with E-state index in [9.17, 15) is 4.79 Å². The molecule has 1 fully saturated rings. The topological polar surface area (TPSA) is 94.3 Å². The molecule has 8 nitrogen and oxygen atoms in total. The van der Waals surface area contributed by atoms with E-state index in [2.05, 4.69) is 9.97 Å². The summed E-state index contributed by atoms with van der Waals surface area (Å²) in [5.74, 6) is 1.33. The fourth-order valence-electron chi connectivity index (χ4n) is 3.95. The van der Waals surface area contributed by atoms with Crippen LogP contribution in [-0.4, -0.2) is 30.7 Å². The second kappa shape index (κ2) is 8.41. The zero-order chi connectivity index (χ0) is 20.8. The zero-order valence-corrected chi connectivity index (χ0v) is 18.8. The van der Waals surface area contributed by atoms with Crippen LogP contribution in [-0.2, 0) is 0 Å². The van der Waals surface area contributed by atoms with E-state index in [1.165, 1.54) is 10.8 Å². The van der Waals surface area contributed by atoms with E-state index in [4.69, 9.17) is 34.0 Å². The molecule has 4 aromatic rings. The Labute approximate surface area is 194 Å².